The van der Waals surface area contributed by atoms with Gasteiger partial charge < -0.3 is 31.5 Å². The van der Waals surface area contributed by atoms with Gasteiger partial charge in [-0.25, -0.2) is 0 Å². The first-order valence-corrected chi connectivity index (χ1v) is 9.44. The summed E-state index contributed by atoms with van der Waals surface area (Å²) in [7, 11) is 0. The molecule has 2 aliphatic heterocycles. The van der Waals surface area contributed by atoms with Gasteiger partial charge in [0.25, 0.3) is 0 Å². The second-order valence-electron chi connectivity index (χ2n) is 7.41. The van der Waals surface area contributed by atoms with Crippen molar-refractivity contribution < 1.29 is 20.4 Å². The Kier molecular flexibility index (Phi) is 6.08. The third-order valence-corrected chi connectivity index (χ3v) is 5.53. The van der Waals surface area contributed by atoms with Crippen LogP contribution in [0.5, 0.6) is 23.0 Å². The molecule has 6 nitrogen and oxygen atoms in total. The highest BCUT2D eigenvalue weighted by Gasteiger charge is 2.36. The Morgan fingerprint density at radius 1 is 0.889 bits per heavy atom. The summed E-state index contributed by atoms with van der Waals surface area (Å²) < 4.78 is 0. The standard InChI is InChI=1S/C13H17NO2.C8H11NO2/c15-12-4-2-9(6-13(12)16)10-5-8-1-3-11(10)14-7-8;9-4-3-6-1-2-7(10)8(11)5-6/h2,4,6,8,10-11,14-16H,1,3,5,7H2;1-2,5,10-11H,3-4,9H2/t8?,10-,11-;/m1./s1. The molecule has 3 atom stereocenters. The van der Waals surface area contributed by atoms with Crippen molar-refractivity contribution in [2.45, 2.75) is 37.6 Å². The summed E-state index contributed by atoms with van der Waals surface area (Å²) >= 11 is 0. The first kappa shape index (κ1) is 19.3. The first-order valence-electron chi connectivity index (χ1n) is 9.44. The summed E-state index contributed by atoms with van der Waals surface area (Å²) in [5, 5.41) is 40.4. The molecular weight excluding hydrogens is 344 g/mol. The molecule has 2 aromatic carbocycles. The van der Waals surface area contributed by atoms with E-state index in [4.69, 9.17) is 15.9 Å². The maximum Gasteiger partial charge on any atom is 0.157 e. The summed E-state index contributed by atoms with van der Waals surface area (Å²) in [4.78, 5) is 0. The number of hydrogen-bond donors (Lipinski definition) is 6. The van der Waals surface area contributed by atoms with Gasteiger partial charge in [0.15, 0.2) is 23.0 Å². The van der Waals surface area contributed by atoms with Crippen molar-refractivity contribution in [1.29, 1.82) is 0 Å². The molecule has 1 unspecified atom stereocenters. The van der Waals surface area contributed by atoms with Crippen LogP contribution in [0.15, 0.2) is 36.4 Å². The number of phenolic OH excluding ortho intramolecular Hbond substituents is 4. The molecule has 2 heterocycles. The van der Waals surface area contributed by atoms with Gasteiger partial charge in [-0.15, -0.1) is 0 Å². The molecule has 3 fully saturated rings. The van der Waals surface area contributed by atoms with Gasteiger partial charge in [-0.05, 0) is 86.0 Å². The van der Waals surface area contributed by atoms with Crippen LogP contribution in [-0.4, -0.2) is 39.6 Å². The number of hydrogen-bond acceptors (Lipinski definition) is 6. The molecule has 2 bridgehead atoms. The van der Waals surface area contributed by atoms with Crippen molar-refractivity contribution in [2.24, 2.45) is 11.7 Å². The lowest BCUT2D eigenvalue weighted by molar-refractivity contribution is 0.182. The zero-order chi connectivity index (χ0) is 19.4. The van der Waals surface area contributed by atoms with Crippen LogP contribution < -0.4 is 11.1 Å². The van der Waals surface area contributed by atoms with Crippen molar-refractivity contribution >= 4 is 0 Å². The molecule has 0 aromatic heterocycles. The largest absolute Gasteiger partial charge is 0.504 e. The molecule has 1 saturated carbocycles. The summed E-state index contributed by atoms with van der Waals surface area (Å²) in [5.41, 5.74) is 7.39. The average molecular weight is 372 g/mol. The second kappa shape index (κ2) is 8.50. The normalized spacial score (nSPS) is 23.5. The fourth-order valence-corrected chi connectivity index (χ4v) is 4.04. The van der Waals surface area contributed by atoms with Gasteiger partial charge in [0.2, 0.25) is 0 Å². The van der Waals surface area contributed by atoms with Crippen LogP contribution in [0.2, 0.25) is 0 Å². The number of nitrogens with two attached hydrogens (primary N) is 1. The molecule has 0 radical (unpaired) electrons. The van der Waals surface area contributed by atoms with Crippen molar-refractivity contribution in [3.63, 3.8) is 0 Å². The second-order valence-corrected chi connectivity index (χ2v) is 7.41. The molecule has 5 rings (SSSR count). The molecule has 0 amide bonds. The lowest BCUT2D eigenvalue weighted by Crippen LogP contribution is -2.48. The van der Waals surface area contributed by atoms with Crippen LogP contribution in [0.3, 0.4) is 0 Å². The minimum atomic E-state index is -0.0919. The maximum atomic E-state index is 9.53. The van der Waals surface area contributed by atoms with Crippen molar-refractivity contribution in [1.82, 2.24) is 5.32 Å². The highest BCUT2D eigenvalue weighted by atomic mass is 16.3. The van der Waals surface area contributed by atoms with Gasteiger partial charge in [-0.3, -0.25) is 0 Å². The number of aromatic hydroxyl groups is 4. The lowest BCUT2D eigenvalue weighted by Gasteiger charge is -2.43. The van der Waals surface area contributed by atoms with Crippen LogP contribution in [-0.2, 0) is 6.42 Å². The van der Waals surface area contributed by atoms with E-state index in [2.05, 4.69) is 5.32 Å². The molecule has 146 valence electrons. The monoisotopic (exact) mass is 372 g/mol. The molecule has 3 aliphatic rings. The molecule has 27 heavy (non-hydrogen) atoms. The van der Waals surface area contributed by atoms with E-state index in [-0.39, 0.29) is 23.0 Å². The Morgan fingerprint density at radius 3 is 2.11 bits per heavy atom. The zero-order valence-electron chi connectivity index (χ0n) is 15.3. The van der Waals surface area contributed by atoms with Crippen LogP contribution in [0.25, 0.3) is 0 Å². The van der Waals surface area contributed by atoms with Gasteiger partial charge in [-0.1, -0.05) is 12.1 Å². The Morgan fingerprint density at radius 2 is 1.59 bits per heavy atom. The van der Waals surface area contributed by atoms with Gasteiger partial charge in [0.1, 0.15) is 0 Å². The van der Waals surface area contributed by atoms with Gasteiger partial charge >= 0.3 is 0 Å². The number of piperidine rings is 2. The molecule has 7 N–H and O–H groups in total. The lowest BCUT2D eigenvalue weighted by atomic mass is 9.71. The molecule has 1 aliphatic carbocycles. The summed E-state index contributed by atoms with van der Waals surface area (Å²) in [6, 6.07) is 10.5. The number of phenols is 4. The first-order chi connectivity index (χ1) is 13.0. The van der Waals surface area contributed by atoms with Crippen LogP contribution in [0.1, 0.15) is 36.3 Å². The van der Waals surface area contributed by atoms with Crippen LogP contribution in [0, 0.1) is 5.92 Å². The third-order valence-electron chi connectivity index (χ3n) is 5.53. The zero-order valence-corrected chi connectivity index (χ0v) is 15.3. The SMILES string of the molecule is NCCc1ccc(O)c(O)c1.Oc1ccc([C@H]2CC3CC[C@H]2NC3)cc1O. The predicted octanol–water partition coefficient (Wildman–Crippen LogP) is 2.55. The van der Waals surface area contributed by atoms with Crippen molar-refractivity contribution in [3.8, 4) is 23.0 Å². The molecule has 2 saturated heterocycles. The van der Waals surface area contributed by atoms with Crippen molar-refractivity contribution in [2.75, 3.05) is 13.1 Å². The highest BCUT2D eigenvalue weighted by molar-refractivity contribution is 5.42. The summed E-state index contributed by atoms with van der Waals surface area (Å²) in [6.07, 6.45) is 4.49. The summed E-state index contributed by atoms with van der Waals surface area (Å²) in [5.74, 6) is 1.07. The highest BCUT2D eigenvalue weighted by Crippen LogP contribution is 2.41. The fraction of sp³-hybridized carbons (Fsp3) is 0.429. The van der Waals surface area contributed by atoms with Gasteiger partial charge in [0, 0.05) is 6.04 Å². The van der Waals surface area contributed by atoms with Gasteiger partial charge in [-0.2, -0.15) is 0 Å². The third kappa shape index (κ3) is 4.64. The minimum Gasteiger partial charge on any atom is -0.504 e. The van der Waals surface area contributed by atoms with E-state index in [0.717, 1.165) is 23.6 Å². The van der Waals surface area contributed by atoms with E-state index in [9.17, 15) is 10.2 Å². The fourth-order valence-electron chi connectivity index (χ4n) is 4.04. The predicted molar refractivity (Wildman–Crippen MR) is 104 cm³/mol. The number of fused-ring (bicyclic) bond motifs is 3. The van der Waals surface area contributed by atoms with Crippen molar-refractivity contribution in [3.05, 3.63) is 47.5 Å². The van der Waals surface area contributed by atoms with E-state index >= 15 is 0 Å². The average Bonchev–Trinajstić information content (AvgIpc) is 2.68. The summed E-state index contributed by atoms with van der Waals surface area (Å²) in [6.45, 7) is 1.69. The molecule has 6 heteroatoms. The number of rotatable bonds is 3. The topological polar surface area (TPSA) is 119 Å². The Bertz CT molecular complexity index is 773. The molecule has 2 aromatic rings. The molecule has 0 spiro atoms. The van der Waals surface area contributed by atoms with E-state index in [0.29, 0.717) is 24.9 Å². The van der Waals surface area contributed by atoms with E-state index in [1.54, 1.807) is 18.2 Å². The minimum absolute atomic E-state index is 0.000975. The number of benzene rings is 2. The smallest absolute Gasteiger partial charge is 0.157 e. The van der Waals surface area contributed by atoms with E-state index in [1.807, 2.05) is 6.07 Å². The Labute approximate surface area is 159 Å². The van der Waals surface area contributed by atoms with E-state index < -0.39 is 0 Å². The Balaban J connectivity index is 0.000000168. The molecular formula is C21H28N2O4. The quantitative estimate of drug-likeness (QED) is 0.461. The van der Waals surface area contributed by atoms with Gasteiger partial charge in [0.05, 0.1) is 0 Å². The van der Waals surface area contributed by atoms with Crippen LogP contribution in [0.4, 0.5) is 0 Å². The maximum absolute atomic E-state index is 9.53. The van der Waals surface area contributed by atoms with Crippen LogP contribution >= 0.6 is 0 Å². The van der Waals surface area contributed by atoms with E-state index in [1.165, 1.54) is 31.4 Å². The Hall–Kier alpha value is -2.44. The number of nitrogens with one attached hydrogen (secondary N) is 1.